The first-order chi connectivity index (χ1) is 9.67. The van der Waals surface area contributed by atoms with Gasteiger partial charge in [-0.25, -0.2) is 4.98 Å². The summed E-state index contributed by atoms with van der Waals surface area (Å²) < 4.78 is 5.63. The lowest BCUT2D eigenvalue weighted by Gasteiger charge is -2.31. The summed E-state index contributed by atoms with van der Waals surface area (Å²) in [6.45, 7) is 3.45. The van der Waals surface area contributed by atoms with Crippen LogP contribution in [0.1, 0.15) is 29.1 Å². The summed E-state index contributed by atoms with van der Waals surface area (Å²) in [5.74, 6) is 0.343. The van der Waals surface area contributed by atoms with Gasteiger partial charge in [0.1, 0.15) is 5.52 Å². The number of aryl methyl sites for hydroxylation is 1. The fraction of sp³-hybridized carbons (Fsp3) is 0.467. The second-order valence-electron chi connectivity index (χ2n) is 5.33. The van der Waals surface area contributed by atoms with Crippen molar-refractivity contribution in [1.82, 2.24) is 15.2 Å². The molecule has 1 aliphatic rings. The topological polar surface area (TPSA) is 58.4 Å². The molecule has 3 rings (SSSR count). The molecule has 0 aliphatic carbocycles. The molecular weight excluding hydrogens is 254 g/mol. The van der Waals surface area contributed by atoms with E-state index in [9.17, 15) is 4.79 Å². The van der Waals surface area contributed by atoms with Gasteiger partial charge in [-0.15, -0.1) is 0 Å². The Bertz CT molecular complexity index is 635. The van der Waals surface area contributed by atoms with Crippen molar-refractivity contribution >= 4 is 17.0 Å². The lowest BCUT2D eigenvalue weighted by molar-refractivity contribution is 0.0668. The molecule has 1 fully saturated rings. The van der Waals surface area contributed by atoms with Crippen LogP contribution in [-0.2, 0) is 0 Å². The number of pyridine rings is 1. The maximum absolute atomic E-state index is 12.5. The lowest BCUT2D eigenvalue weighted by atomic mass is 10.1. The molecule has 5 nitrogen and oxygen atoms in total. The van der Waals surface area contributed by atoms with Crippen molar-refractivity contribution in [2.75, 3.05) is 20.1 Å². The van der Waals surface area contributed by atoms with Crippen LogP contribution in [0.3, 0.4) is 0 Å². The zero-order valence-electron chi connectivity index (χ0n) is 11.8. The number of aromatic nitrogens is 1. The summed E-state index contributed by atoms with van der Waals surface area (Å²) in [5.41, 5.74) is 2.34. The number of piperidine rings is 1. The summed E-state index contributed by atoms with van der Waals surface area (Å²) >= 11 is 0. The van der Waals surface area contributed by atoms with Crippen molar-refractivity contribution in [3.63, 3.8) is 0 Å². The Labute approximate surface area is 118 Å². The zero-order chi connectivity index (χ0) is 14.1. The number of furan rings is 1. The van der Waals surface area contributed by atoms with Gasteiger partial charge in [-0.3, -0.25) is 4.79 Å². The van der Waals surface area contributed by atoms with Crippen LogP contribution < -0.4 is 5.32 Å². The van der Waals surface area contributed by atoms with Gasteiger partial charge < -0.3 is 14.6 Å². The Morgan fingerprint density at radius 1 is 1.50 bits per heavy atom. The molecule has 0 aromatic carbocycles. The lowest BCUT2D eigenvalue weighted by Crippen LogP contribution is -2.46. The van der Waals surface area contributed by atoms with E-state index in [0.29, 0.717) is 17.4 Å². The Hall–Kier alpha value is -1.88. The molecule has 106 valence electrons. The fourth-order valence-corrected chi connectivity index (χ4v) is 2.68. The molecule has 2 aromatic rings. The van der Waals surface area contributed by atoms with Crippen molar-refractivity contribution in [2.24, 2.45) is 0 Å². The van der Waals surface area contributed by atoms with Gasteiger partial charge in [-0.05, 0) is 38.9 Å². The van der Waals surface area contributed by atoms with Crippen LogP contribution in [0.15, 0.2) is 22.6 Å². The van der Waals surface area contributed by atoms with E-state index in [-0.39, 0.29) is 5.91 Å². The molecule has 0 spiro atoms. The minimum Gasteiger partial charge on any atom is -0.449 e. The third-order valence-corrected chi connectivity index (χ3v) is 3.84. The van der Waals surface area contributed by atoms with Gasteiger partial charge in [0.15, 0.2) is 11.3 Å². The van der Waals surface area contributed by atoms with E-state index in [1.165, 1.54) is 0 Å². The van der Waals surface area contributed by atoms with Crippen LogP contribution in [0.25, 0.3) is 11.1 Å². The van der Waals surface area contributed by atoms with Crippen LogP contribution in [0.5, 0.6) is 0 Å². The van der Waals surface area contributed by atoms with Gasteiger partial charge in [0, 0.05) is 30.9 Å². The van der Waals surface area contributed by atoms with E-state index in [0.717, 1.165) is 37.1 Å². The van der Waals surface area contributed by atoms with Gasteiger partial charge in [-0.2, -0.15) is 0 Å². The monoisotopic (exact) mass is 273 g/mol. The first-order valence-corrected chi connectivity index (χ1v) is 7.01. The SMILES string of the molecule is CNC1CCCN(C(=O)c2cc3nc(C)ccc3o2)C1. The van der Waals surface area contributed by atoms with E-state index >= 15 is 0 Å². The van der Waals surface area contributed by atoms with E-state index in [1.54, 1.807) is 6.07 Å². The summed E-state index contributed by atoms with van der Waals surface area (Å²) in [4.78, 5) is 18.7. The molecule has 1 N–H and O–H groups in total. The quantitative estimate of drug-likeness (QED) is 0.908. The minimum absolute atomic E-state index is 0.0411. The van der Waals surface area contributed by atoms with Gasteiger partial charge >= 0.3 is 0 Å². The molecule has 2 aromatic heterocycles. The molecule has 1 amide bonds. The van der Waals surface area contributed by atoms with E-state index in [2.05, 4.69) is 10.3 Å². The molecule has 0 radical (unpaired) electrons. The first-order valence-electron chi connectivity index (χ1n) is 7.01. The summed E-state index contributed by atoms with van der Waals surface area (Å²) in [7, 11) is 1.94. The van der Waals surface area contributed by atoms with E-state index < -0.39 is 0 Å². The molecule has 0 bridgehead atoms. The molecule has 0 saturated carbocycles. The van der Waals surface area contributed by atoms with Crippen molar-refractivity contribution in [3.8, 4) is 0 Å². The maximum Gasteiger partial charge on any atom is 0.289 e. The predicted molar refractivity (Wildman–Crippen MR) is 76.7 cm³/mol. The number of nitrogens with one attached hydrogen (secondary N) is 1. The second kappa shape index (κ2) is 5.25. The van der Waals surface area contributed by atoms with Gasteiger partial charge in [0.2, 0.25) is 0 Å². The number of likely N-dealkylation sites (tertiary alicyclic amines) is 1. The number of carbonyl (C=O) groups excluding carboxylic acids is 1. The van der Waals surface area contributed by atoms with Crippen LogP contribution in [-0.4, -0.2) is 42.0 Å². The largest absolute Gasteiger partial charge is 0.449 e. The second-order valence-corrected chi connectivity index (χ2v) is 5.33. The normalized spacial score (nSPS) is 19.5. The number of likely N-dealkylation sites (N-methyl/N-ethyl adjacent to an activating group) is 1. The standard InChI is InChI=1S/C15H19N3O2/c1-10-5-6-13-12(17-10)8-14(20-13)15(19)18-7-3-4-11(9-18)16-2/h5-6,8,11,16H,3-4,7,9H2,1-2H3. The van der Waals surface area contributed by atoms with Crippen LogP contribution in [0.4, 0.5) is 0 Å². The number of hydrogen-bond acceptors (Lipinski definition) is 4. The highest BCUT2D eigenvalue weighted by Gasteiger charge is 2.25. The first kappa shape index (κ1) is 13.1. The highest BCUT2D eigenvalue weighted by atomic mass is 16.3. The molecule has 1 saturated heterocycles. The average Bonchev–Trinajstić information content (AvgIpc) is 2.89. The smallest absolute Gasteiger partial charge is 0.289 e. The average molecular weight is 273 g/mol. The third-order valence-electron chi connectivity index (χ3n) is 3.84. The van der Waals surface area contributed by atoms with Crippen LogP contribution >= 0.6 is 0 Å². The maximum atomic E-state index is 12.5. The number of rotatable bonds is 2. The van der Waals surface area contributed by atoms with Crippen molar-refractivity contribution < 1.29 is 9.21 Å². The van der Waals surface area contributed by atoms with E-state index in [1.807, 2.05) is 31.0 Å². The molecule has 5 heteroatoms. The predicted octanol–water partition coefficient (Wildman–Crippen LogP) is 1.96. The molecule has 20 heavy (non-hydrogen) atoms. The van der Waals surface area contributed by atoms with Crippen LogP contribution in [0, 0.1) is 6.92 Å². The van der Waals surface area contributed by atoms with Crippen molar-refractivity contribution in [3.05, 3.63) is 29.7 Å². The Kier molecular flexibility index (Phi) is 3.44. The molecular formula is C15H19N3O2. The number of carbonyl (C=O) groups is 1. The van der Waals surface area contributed by atoms with Gasteiger partial charge in [0.05, 0.1) is 0 Å². The summed E-state index contributed by atoms with van der Waals surface area (Å²) in [5, 5.41) is 3.24. The number of hydrogen-bond donors (Lipinski definition) is 1. The van der Waals surface area contributed by atoms with Gasteiger partial charge in [0.25, 0.3) is 5.91 Å². The molecule has 3 heterocycles. The van der Waals surface area contributed by atoms with Crippen molar-refractivity contribution in [1.29, 1.82) is 0 Å². The van der Waals surface area contributed by atoms with Crippen LogP contribution in [0.2, 0.25) is 0 Å². The van der Waals surface area contributed by atoms with Gasteiger partial charge in [-0.1, -0.05) is 0 Å². The minimum atomic E-state index is -0.0411. The Balaban J connectivity index is 1.84. The summed E-state index contributed by atoms with van der Waals surface area (Å²) in [6.07, 6.45) is 2.13. The fourth-order valence-electron chi connectivity index (χ4n) is 2.68. The highest BCUT2D eigenvalue weighted by molar-refractivity contribution is 5.95. The third kappa shape index (κ3) is 2.41. The summed E-state index contributed by atoms with van der Waals surface area (Å²) in [6, 6.07) is 5.87. The van der Waals surface area contributed by atoms with Crippen molar-refractivity contribution in [2.45, 2.75) is 25.8 Å². The zero-order valence-corrected chi connectivity index (χ0v) is 11.8. The molecule has 1 unspecified atom stereocenters. The molecule has 1 aliphatic heterocycles. The number of amides is 1. The molecule has 1 atom stereocenters. The Morgan fingerprint density at radius 3 is 3.15 bits per heavy atom. The number of fused-ring (bicyclic) bond motifs is 1. The Morgan fingerprint density at radius 2 is 2.35 bits per heavy atom. The van der Waals surface area contributed by atoms with E-state index in [4.69, 9.17) is 4.42 Å². The number of nitrogens with zero attached hydrogens (tertiary/aromatic N) is 2. The highest BCUT2D eigenvalue weighted by Crippen LogP contribution is 2.21.